The molecule has 0 aromatic carbocycles. The van der Waals surface area contributed by atoms with Gasteiger partial charge in [0.2, 0.25) is 0 Å². The third-order valence-electron chi connectivity index (χ3n) is 5.42. The van der Waals surface area contributed by atoms with Crippen LogP contribution in [0, 0.1) is 0 Å². The lowest BCUT2D eigenvalue weighted by molar-refractivity contribution is 0.122. The first kappa shape index (κ1) is 16.0. The normalized spacial score (nSPS) is 25.0. The SMILES string of the molecule is CC(C)N1CCN2c3ncc(N4CCOCC4)cc3OCC[C@H]2C1. The summed E-state index contributed by atoms with van der Waals surface area (Å²) in [7, 11) is 0. The van der Waals surface area contributed by atoms with Crippen molar-refractivity contribution < 1.29 is 9.47 Å². The number of fused-ring (bicyclic) bond motifs is 3. The molecule has 2 fully saturated rings. The fourth-order valence-electron chi connectivity index (χ4n) is 3.92. The zero-order valence-electron chi connectivity index (χ0n) is 14.8. The van der Waals surface area contributed by atoms with Gasteiger partial charge in [0.15, 0.2) is 11.6 Å². The van der Waals surface area contributed by atoms with Crippen molar-refractivity contribution in [2.75, 3.05) is 62.3 Å². The number of piperazine rings is 1. The Morgan fingerprint density at radius 3 is 2.75 bits per heavy atom. The van der Waals surface area contributed by atoms with E-state index in [2.05, 4.69) is 34.6 Å². The molecule has 0 saturated carbocycles. The second-order valence-electron chi connectivity index (χ2n) is 7.19. The molecule has 2 saturated heterocycles. The lowest BCUT2D eigenvalue weighted by Gasteiger charge is -2.42. The van der Waals surface area contributed by atoms with Crippen LogP contribution in [0.2, 0.25) is 0 Å². The van der Waals surface area contributed by atoms with Gasteiger partial charge in [-0.25, -0.2) is 4.98 Å². The van der Waals surface area contributed by atoms with E-state index < -0.39 is 0 Å². The van der Waals surface area contributed by atoms with E-state index in [0.717, 1.165) is 76.2 Å². The lowest BCUT2D eigenvalue weighted by Crippen LogP contribution is -2.55. The second kappa shape index (κ2) is 6.76. The summed E-state index contributed by atoms with van der Waals surface area (Å²) < 4.78 is 11.5. The first-order valence-corrected chi connectivity index (χ1v) is 9.18. The molecule has 0 N–H and O–H groups in total. The van der Waals surface area contributed by atoms with Crippen molar-refractivity contribution in [2.45, 2.75) is 32.4 Å². The van der Waals surface area contributed by atoms with Crippen molar-refractivity contribution in [1.29, 1.82) is 0 Å². The van der Waals surface area contributed by atoms with E-state index >= 15 is 0 Å². The van der Waals surface area contributed by atoms with Crippen LogP contribution in [-0.4, -0.2) is 74.5 Å². The van der Waals surface area contributed by atoms with Crippen LogP contribution in [0.4, 0.5) is 11.5 Å². The van der Waals surface area contributed by atoms with Crippen molar-refractivity contribution in [3.8, 4) is 5.75 Å². The Morgan fingerprint density at radius 1 is 1.12 bits per heavy atom. The van der Waals surface area contributed by atoms with Crippen LogP contribution in [0.1, 0.15) is 20.3 Å². The van der Waals surface area contributed by atoms with Gasteiger partial charge in [0.25, 0.3) is 0 Å². The van der Waals surface area contributed by atoms with Gasteiger partial charge in [0, 0.05) is 57.3 Å². The molecule has 0 amide bonds. The van der Waals surface area contributed by atoms with Gasteiger partial charge in [-0.15, -0.1) is 0 Å². The number of ether oxygens (including phenoxy) is 2. The number of hydrogen-bond acceptors (Lipinski definition) is 6. The highest BCUT2D eigenvalue weighted by atomic mass is 16.5. The van der Waals surface area contributed by atoms with Crippen LogP contribution in [-0.2, 0) is 4.74 Å². The van der Waals surface area contributed by atoms with Crippen LogP contribution in [0.5, 0.6) is 5.75 Å². The number of aromatic nitrogens is 1. The van der Waals surface area contributed by atoms with Gasteiger partial charge < -0.3 is 19.3 Å². The zero-order chi connectivity index (χ0) is 16.5. The van der Waals surface area contributed by atoms with Gasteiger partial charge in [-0.2, -0.15) is 0 Å². The van der Waals surface area contributed by atoms with Gasteiger partial charge in [0.1, 0.15) is 0 Å². The molecule has 0 unspecified atom stereocenters. The Labute approximate surface area is 144 Å². The maximum Gasteiger partial charge on any atom is 0.171 e. The fraction of sp³-hybridized carbons (Fsp3) is 0.722. The van der Waals surface area contributed by atoms with E-state index in [1.54, 1.807) is 0 Å². The molecule has 24 heavy (non-hydrogen) atoms. The highest BCUT2D eigenvalue weighted by Gasteiger charge is 2.33. The maximum absolute atomic E-state index is 6.09. The zero-order valence-corrected chi connectivity index (χ0v) is 14.8. The monoisotopic (exact) mass is 332 g/mol. The van der Waals surface area contributed by atoms with E-state index in [4.69, 9.17) is 14.5 Å². The average molecular weight is 332 g/mol. The minimum atomic E-state index is 0.504. The fourth-order valence-corrected chi connectivity index (χ4v) is 3.92. The van der Waals surface area contributed by atoms with E-state index in [-0.39, 0.29) is 0 Å². The molecule has 1 atom stereocenters. The van der Waals surface area contributed by atoms with Crippen LogP contribution >= 0.6 is 0 Å². The molecular weight excluding hydrogens is 304 g/mol. The minimum absolute atomic E-state index is 0.504. The summed E-state index contributed by atoms with van der Waals surface area (Å²) in [5.41, 5.74) is 1.15. The minimum Gasteiger partial charge on any atom is -0.490 e. The quantitative estimate of drug-likeness (QED) is 0.819. The van der Waals surface area contributed by atoms with Gasteiger partial charge in [-0.05, 0) is 13.8 Å². The lowest BCUT2D eigenvalue weighted by atomic mass is 10.1. The van der Waals surface area contributed by atoms with Crippen LogP contribution in [0.25, 0.3) is 0 Å². The van der Waals surface area contributed by atoms with Crippen LogP contribution < -0.4 is 14.5 Å². The van der Waals surface area contributed by atoms with Crippen molar-refractivity contribution in [3.63, 3.8) is 0 Å². The molecule has 0 spiro atoms. The topological polar surface area (TPSA) is 41.1 Å². The molecule has 6 heteroatoms. The number of anilines is 2. The summed E-state index contributed by atoms with van der Waals surface area (Å²) in [5.74, 6) is 1.97. The molecule has 0 aliphatic carbocycles. The third-order valence-corrected chi connectivity index (χ3v) is 5.42. The summed E-state index contributed by atoms with van der Waals surface area (Å²) in [6, 6.07) is 3.28. The molecule has 3 aliphatic rings. The molecule has 0 bridgehead atoms. The molecule has 4 heterocycles. The highest BCUT2D eigenvalue weighted by Crippen LogP contribution is 2.35. The van der Waals surface area contributed by atoms with Crippen molar-refractivity contribution in [1.82, 2.24) is 9.88 Å². The first-order chi connectivity index (χ1) is 11.7. The molecular formula is C18H28N4O2. The molecule has 132 valence electrons. The second-order valence-corrected chi connectivity index (χ2v) is 7.19. The van der Waals surface area contributed by atoms with Gasteiger partial charge in [-0.1, -0.05) is 0 Å². The number of hydrogen-bond donors (Lipinski definition) is 0. The molecule has 1 aromatic heterocycles. The Hall–Kier alpha value is -1.53. The highest BCUT2D eigenvalue weighted by molar-refractivity contribution is 5.61. The number of pyridine rings is 1. The van der Waals surface area contributed by atoms with Gasteiger partial charge in [0.05, 0.1) is 31.7 Å². The summed E-state index contributed by atoms with van der Waals surface area (Å²) in [6.45, 7) is 12.0. The number of morpholine rings is 1. The molecule has 0 radical (unpaired) electrons. The number of rotatable bonds is 2. The Kier molecular flexibility index (Phi) is 4.50. The standard InChI is InChI=1S/C18H28N4O2/c1-14(2)21-4-5-22-15(13-21)3-8-24-17-11-16(12-19-18(17)22)20-6-9-23-10-7-20/h11-12,14-15H,3-10,13H2,1-2H3/t15-/m0/s1. The van der Waals surface area contributed by atoms with Gasteiger partial charge >= 0.3 is 0 Å². The summed E-state index contributed by atoms with van der Waals surface area (Å²) in [4.78, 5) is 12.2. The first-order valence-electron chi connectivity index (χ1n) is 9.18. The van der Waals surface area contributed by atoms with Crippen molar-refractivity contribution in [2.24, 2.45) is 0 Å². The maximum atomic E-state index is 6.09. The van der Waals surface area contributed by atoms with Gasteiger partial charge in [-0.3, -0.25) is 4.90 Å². The predicted octanol–water partition coefficient (Wildman–Crippen LogP) is 1.60. The summed E-state index contributed by atoms with van der Waals surface area (Å²) in [6.07, 6.45) is 3.07. The Bertz CT molecular complexity index is 574. The Morgan fingerprint density at radius 2 is 1.96 bits per heavy atom. The summed E-state index contributed by atoms with van der Waals surface area (Å²) >= 11 is 0. The van der Waals surface area contributed by atoms with Crippen LogP contribution in [0.3, 0.4) is 0 Å². The number of nitrogens with zero attached hydrogens (tertiary/aromatic N) is 4. The summed E-state index contributed by atoms with van der Waals surface area (Å²) in [5, 5.41) is 0. The largest absolute Gasteiger partial charge is 0.490 e. The molecule has 6 nitrogen and oxygen atoms in total. The van der Waals surface area contributed by atoms with E-state index in [1.807, 2.05) is 6.20 Å². The third kappa shape index (κ3) is 3.05. The van der Waals surface area contributed by atoms with Crippen LogP contribution in [0.15, 0.2) is 12.3 Å². The predicted molar refractivity (Wildman–Crippen MR) is 95.2 cm³/mol. The Balaban J connectivity index is 1.56. The molecule has 1 aromatic rings. The molecule has 4 rings (SSSR count). The van der Waals surface area contributed by atoms with Crippen molar-refractivity contribution in [3.05, 3.63) is 12.3 Å². The van der Waals surface area contributed by atoms with E-state index in [1.165, 1.54) is 0 Å². The molecule has 3 aliphatic heterocycles. The van der Waals surface area contributed by atoms with E-state index in [9.17, 15) is 0 Å². The van der Waals surface area contributed by atoms with Crippen molar-refractivity contribution >= 4 is 11.5 Å². The van der Waals surface area contributed by atoms with E-state index in [0.29, 0.717) is 12.1 Å². The smallest absolute Gasteiger partial charge is 0.171 e. The average Bonchev–Trinajstić information content (AvgIpc) is 2.80.